The molecule has 0 radical (unpaired) electrons. The molecular formula is C10H20ClO4P. The molecule has 0 bridgehead atoms. The zero-order chi connectivity index (χ0) is 11.9. The van der Waals surface area contributed by atoms with Crippen molar-refractivity contribution in [2.45, 2.75) is 45.1 Å². The van der Waals surface area contributed by atoms with Gasteiger partial charge in [-0.3, -0.25) is 13.6 Å². The van der Waals surface area contributed by atoms with Crippen molar-refractivity contribution in [2.75, 3.05) is 19.1 Å². The summed E-state index contributed by atoms with van der Waals surface area (Å²) in [5.41, 5.74) is 0. The van der Waals surface area contributed by atoms with Crippen LogP contribution in [0.4, 0.5) is 0 Å². The highest BCUT2D eigenvalue weighted by Gasteiger charge is 2.34. The van der Waals surface area contributed by atoms with Crippen LogP contribution in [0.5, 0.6) is 0 Å². The second kappa shape index (κ2) is 7.67. The van der Waals surface area contributed by atoms with E-state index in [1.807, 2.05) is 0 Å². The number of phosphoric ester groups is 1. The van der Waals surface area contributed by atoms with Crippen LogP contribution in [0.25, 0.3) is 0 Å². The molecule has 6 heteroatoms. The molecule has 1 fully saturated rings. The van der Waals surface area contributed by atoms with Crippen molar-refractivity contribution in [1.82, 2.24) is 0 Å². The SMILES string of the molecule is CCCCCCOP1(=O)OCCC(CCl)O1. The summed E-state index contributed by atoms with van der Waals surface area (Å²) < 4.78 is 27.4. The quantitative estimate of drug-likeness (QED) is 0.402. The molecule has 0 aliphatic carbocycles. The van der Waals surface area contributed by atoms with Gasteiger partial charge >= 0.3 is 7.82 Å². The van der Waals surface area contributed by atoms with Crippen LogP contribution >= 0.6 is 19.4 Å². The normalized spacial score (nSPS) is 30.5. The Kier molecular flexibility index (Phi) is 6.94. The van der Waals surface area contributed by atoms with Crippen LogP contribution in [0.15, 0.2) is 0 Å². The van der Waals surface area contributed by atoms with Gasteiger partial charge in [0, 0.05) is 5.88 Å². The number of hydrogen-bond acceptors (Lipinski definition) is 4. The summed E-state index contributed by atoms with van der Waals surface area (Å²) in [5.74, 6) is 0.326. The Balaban J connectivity index is 2.20. The lowest BCUT2D eigenvalue weighted by molar-refractivity contribution is 0.0377. The Bertz CT molecular complexity index is 237. The Morgan fingerprint density at radius 1 is 1.44 bits per heavy atom. The third-order valence-corrected chi connectivity index (χ3v) is 4.28. The number of halogens is 1. The highest BCUT2D eigenvalue weighted by Crippen LogP contribution is 2.53. The number of hydrogen-bond donors (Lipinski definition) is 0. The summed E-state index contributed by atoms with van der Waals surface area (Å²) in [5, 5.41) is 0. The van der Waals surface area contributed by atoms with E-state index in [1.54, 1.807) is 0 Å². The Morgan fingerprint density at radius 3 is 2.94 bits per heavy atom. The molecule has 0 aromatic rings. The molecule has 4 nitrogen and oxygen atoms in total. The molecule has 1 aliphatic rings. The largest absolute Gasteiger partial charge is 0.475 e. The topological polar surface area (TPSA) is 44.8 Å². The van der Waals surface area contributed by atoms with E-state index in [9.17, 15) is 4.57 Å². The van der Waals surface area contributed by atoms with Crippen LogP contribution in [0, 0.1) is 0 Å². The molecule has 1 rings (SSSR count). The number of rotatable bonds is 7. The van der Waals surface area contributed by atoms with E-state index in [-0.39, 0.29) is 6.10 Å². The van der Waals surface area contributed by atoms with Crippen molar-refractivity contribution < 1.29 is 18.1 Å². The molecule has 16 heavy (non-hydrogen) atoms. The van der Waals surface area contributed by atoms with Crippen molar-refractivity contribution in [3.8, 4) is 0 Å². The van der Waals surface area contributed by atoms with Gasteiger partial charge in [0.05, 0.1) is 19.3 Å². The van der Waals surface area contributed by atoms with Gasteiger partial charge in [-0.15, -0.1) is 11.6 Å². The fourth-order valence-electron chi connectivity index (χ4n) is 1.44. The summed E-state index contributed by atoms with van der Waals surface area (Å²) in [6, 6.07) is 0. The molecule has 0 N–H and O–H groups in total. The summed E-state index contributed by atoms with van der Waals surface area (Å²) in [4.78, 5) is 0. The maximum atomic E-state index is 11.9. The minimum Gasteiger partial charge on any atom is -0.287 e. The maximum absolute atomic E-state index is 11.9. The molecule has 0 saturated carbocycles. The van der Waals surface area contributed by atoms with Gasteiger partial charge < -0.3 is 0 Å². The van der Waals surface area contributed by atoms with Crippen LogP contribution < -0.4 is 0 Å². The van der Waals surface area contributed by atoms with E-state index in [0.717, 1.165) is 12.8 Å². The highest BCUT2D eigenvalue weighted by molar-refractivity contribution is 7.48. The Labute approximate surface area is 102 Å². The van der Waals surface area contributed by atoms with E-state index in [0.29, 0.717) is 25.5 Å². The summed E-state index contributed by atoms with van der Waals surface area (Å²) >= 11 is 5.65. The third kappa shape index (κ3) is 5.15. The highest BCUT2D eigenvalue weighted by atomic mass is 35.5. The first-order valence-corrected chi connectivity index (χ1v) is 7.83. The van der Waals surface area contributed by atoms with Gasteiger partial charge in [-0.1, -0.05) is 26.2 Å². The predicted octanol–water partition coefficient (Wildman–Crippen LogP) is 3.74. The molecular weight excluding hydrogens is 251 g/mol. The van der Waals surface area contributed by atoms with Crippen LogP contribution in [0.2, 0.25) is 0 Å². The molecule has 1 heterocycles. The Morgan fingerprint density at radius 2 is 2.25 bits per heavy atom. The lowest BCUT2D eigenvalue weighted by Crippen LogP contribution is -2.22. The van der Waals surface area contributed by atoms with Crippen molar-refractivity contribution >= 4 is 19.4 Å². The lowest BCUT2D eigenvalue weighted by Gasteiger charge is -2.27. The average Bonchev–Trinajstić information content (AvgIpc) is 2.29. The number of unbranched alkanes of at least 4 members (excludes halogenated alkanes) is 3. The van der Waals surface area contributed by atoms with Crippen LogP contribution in [-0.4, -0.2) is 25.2 Å². The van der Waals surface area contributed by atoms with Crippen molar-refractivity contribution in [3.05, 3.63) is 0 Å². The first kappa shape index (κ1) is 14.5. The fraction of sp³-hybridized carbons (Fsp3) is 1.00. The molecule has 0 aromatic carbocycles. The van der Waals surface area contributed by atoms with Crippen molar-refractivity contribution in [3.63, 3.8) is 0 Å². The summed E-state index contributed by atoms with van der Waals surface area (Å²) in [6.45, 7) is 2.96. The van der Waals surface area contributed by atoms with E-state index >= 15 is 0 Å². The molecule has 0 spiro atoms. The van der Waals surface area contributed by atoms with Crippen LogP contribution in [0.1, 0.15) is 39.0 Å². The predicted molar refractivity (Wildman–Crippen MR) is 63.9 cm³/mol. The zero-order valence-electron chi connectivity index (χ0n) is 9.69. The lowest BCUT2D eigenvalue weighted by atomic mass is 10.2. The number of alkyl halides is 1. The van der Waals surface area contributed by atoms with E-state index in [2.05, 4.69) is 6.92 Å². The molecule has 0 aromatic heterocycles. The van der Waals surface area contributed by atoms with Crippen LogP contribution in [-0.2, 0) is 18.1 Å². The monoisotopic (exact) mass is 270 g/mol. The van der Waals surface area contributed by atoms with Gasteiger partial charge in [0.15, 0.2) is 0 Å². The molecule has 1 saturated heterocycles. The number of phosphoric acid groups is 1. The van der Waals surface area contributed by atoms with Crippen molar-refractivity contribution in [2.24, 2.45) is 0 Å². The third-order valence-electron chi connectivity index (χ3n) is 2.39. The van der Waals surface area contributed by atoms with Gasteiger partial charge in [-0.2, -0.15) is 0 Å². The Hall–Kier alpha value is 0.400. The second-order valence-electron chi connectivity index (χ2n) is 3.84. The molecule has 0 amide bonds. The first-order chi connectivity index (χ1) is 7.70. The molecule has 2 unspecified atom stereocenters. The van der Waals surface area contributed by atoms with E-state index in [4.69, 9.17) is 25.2 Å². The van der Waals surface area contributed by atoms with E-state index < -0.39 is 7.82 Å². The van der Waals surface area contributed by atoms with Gasteiger partial charge in [-0.05, 0) is 12.8 Å². The summed E-state index contributed by atoms with van der Waals surface area (Å²) in [7, 11) is -3.32. The summed E-state index contributed by atoms with van der Waals surface area (Å²) in [6.07, 6.45) is 4.76. The van der Waals surface area contributed by atoms with Crippen LogP contribution in [0.3, 0.4) is 0 Å². The second-order valence-corrected chi connectivity index (χ2v) is 5.77. The zero-order valence-corrected chi connectivity index (χ0v) is 11.3. The van der Waals surface area contributed by atoms with Crippen molar-refractivity contribution in [1.29, 1.82) is 0 Å². The van der Waals surface area contributed by atoms with Gasteiger partial charge in [-0.25, -0.2) is 4.57 Å². The van der Waals surface area contributed by atoms with Gasteiger partial charge in [0.1, 0.15) is 0 Å². The standard InChI is InChI=1S/C10H20ClO4P/c1-2-3-4-5-7-13-16(12)14-8-6-10(9-11)15-16/h10H,2-9H2,1H3. The average molecular weight is 271 g/mol. The molecule has 1 aliphatic heterocycles. The fourth-order valence-corrected chi connectivity index (χ4v) is 3.17. The maximum Gasteiger partial charge on any atom is 0.475 e. The smallest absolute Gasteiger partial charge is 0.287 e. The molecule has 2 atom stereocenters. The van der Waals surface area contributed by atoms with E-state index in [1.165, 1.54) is 12.8 Å². The van der Waals surface area contributed by atoms with Gasteiger partial charge in [0.25, 0.3) is 0 Å². The minimum absolute atomic E-state index is 0.211. The van der Waals surface area contributed by atoms with Gasteiger partial charge in [0.2, 0.25) is 0 Å². The molecule has 96 valence electrons. The minimum atomic E-state index is -3.32. The first-order valence-electron chi connectivity index (χ1n) is 5.83.